The lowest BCUT2D eigenvalue weighted by atomic mass is 10.1. The molecule has 15 heavy (non-hydrogen) atoms. The number of carboxylic acid groups (broad SMARTS) is 1. The van der Waals surface area contributed by atoms with E-state index in [1.165, 1.54) is 0 Å². The van der Waals surface area contributed by atoms with Crippen LogP contribution in [-0.4, -0.2) is 62.5 Å². The normalized spacial score (nSPS) is 20.1. The van der Waals surface area contributed by atoms with Crippen molar-refractivity contribution in [1.29, 1.82) is 0 Å². The summed E-state index contributed by atoms with van der Waals surface area (Å²) >= 11 is 0. The SMILES string of the molecule is COCCC(CN1CCOCC1)C(=O)O. The number of rotatable bonds is 6. The van der Waals surface area contributed by atoms with E-state index in [0.717, 1.165) is 13.1 Å². The average molecular weight is 217 g/mol. The maximum absolute atomic E-state index is 11.0. The van der Waals surface area contributed by atoms with Crippen molar-refractivity contribution >= 4 is 5.97 Å². The Morgan fingerprint density at radius 3 is 2.73 bits per heavy atom. The highest BCUT2D eigenvalue weighted by atomic mass is 16.5. The molecule has 0 amide bonds. The number of ether oxygens (including phenoxy) is 2. The van der Waals surface area contributed by atoms with E-state index in [1.54, 1.807) is 7.11 Å². The number of morpholine rings is 1. The third-order valence-electron chi connectivity index (χ3n) is 2.60. The Morgan fingerprint density at radius 2 is 2.20 bits per heavy atom. The van der Waals surface area contributed by atoms with Crippen molar-refractivity contribution < 1.29 is 19.4 Å². The third-order valence-corrected chi connectivity index (χ3v) is 2.60. The summed E-state index contributed by atoms with van der Waals surface area (Å²) in [6, 6.07) is 0. The molecule has 0 aromatic carbocycles. The van der Waals surface area contributed by atoms with Crippen molar-refractivity contribution in [3.05, 3.63) is 0 Å². The van der Waals surface area contributed by atoms with Gasteiger partial charge in [-0.05, 0) is 6.42 Å². The average Bonchev–Trinajstić information content (AvgIpc) is 2.25. The number of methoxy groups -OCH3 is 1. The van der Waals surface area contributed by atoms with E-state index in [2.05, 4.69) is 4.90 Å². The van der Waals surface area contributed by atoms with Crippen LogP contribution in [0.25, 0.3) is 0 Å². The molecule has 1 atom stereocenters. The van der Waals surface area contributed by atoms with Crippen LogP contribution >= 0.6 is 0 Å². The fourth-order valence-corrected chi connectivity index (χ4v) is 1.65. The minimum absolute atomic E-state index is 0.331. The second kappa shape index (κ2) is 6.76. The van der Waals surface area contributed by atoms with Crippen LogP contribution in [0.3, 0.4) is 0 Å². The van der Waals surface area contributed by atoms with Gasteiger partial charge in [0.05, 0.1) is 19.1 Å². The van der Waals surface area contributed by atoms with Crippen molar-refractivity contribution in [3.63, 3.8) is 0 Å². The molecule has 88 valence electrons. The lowest BCUT2D eigenvalue weighted by Gasteiger charge is -2.28. The molecule has 1 rings (SSSR count). The van der Waals surface area contributed by atoms with Gasteiger partial charge in [0.1, 0.15) is 0 Å². The van der Waals surface area contributed by atoms with Crippen molar-refractivity contribution in [2.45, 2.75) is 6.42 Å². The molecule has 1 unspecified atom stereocenters. The largest absolute Gasteiger partial charge is 0.481 e. The number of carboxylic acids is 1. The Labute approximate surface area is 90.0 Å². The summed E-state index contributed by atoms with van der Waals surface area (Å²) in [4.78, 5) is 13.1. The molecule has 0 spiro atoms. The number of hydrogen-bond donors (Lipinski definition) is 1. The van der Waals surface area contributed by atoms with Crippen molar-refractivity contribution in [2.24, 2.45) is 5.92 Å². The Hall–Kier alpha value is -0.650. The van der Waals surface area contributed by atoms with Gasteiger partial charge in [0.25, 0.3) is 0 Å². The molecule has 1 aliphatic heterocycles. The summed E-state index contributed by atoms with van der Waals surface area (Å²) in [6.07, 6.45) is 0.573. The molecule has 1 aliphatic rings. The minimum atomic E-state index is -0.737. The monoisotopic (exact) mass is 217 g/mol. The molecule has 5 heteroatoms. The van der Waals surface area contributed by atoms with Crippen LogP contribution < -0.4 is 0 Å². The predicted molar refractivity (Wildman–Crippen MR) is 54.9 cm³/mol. The lowest BCUT2D eigenvalue weighted by molar-refractivity contribution is -0.143. The van der Waals surface area contributed by atoms with Gasteiger partial charge in [-0.25, -0.2) is 0 Å². The summed E-state index contributed by atoms with van der Waals surface area (Å²) in [5, 5.41) is 9.02. The maximum atomic E-state index is 11.0. The highest BCUT2D eigenvalue weighted by Gasteiger charge is 2.21. The first-order chi connectivity index (χ1) is 7.24. The molecule has 0 aliphatic carbocycles. The zero-order valence-corrected chi connectivity index (χ0v) is 9.15. The molecule has 0 aromatic heterocycles. The molecule has 1 heterocycles. The first-order valence-electron chi connectivity index (χ1n) is 5.26. The van der Waals surface area contributed by atoms with E-state index in [9.17, 15) is 4.79 Å². The van der Waals surface area contributed by atoms with Crippen LogP contribution in [0.4, 0.5) is 0 Å². The van der Waals surface area contributed by atoms with Gasteiger partial charge in [0, 0.05) is 33.4 Å². The van der Waals surface area contributed by atoms with Crippen LogP contribution in [0, 0.1) is 5.92 Å². The van der Waals surface area contributed by atoms with Crippen LogP contribution in [-0.2, 0) is 14.3 Å². The first kappa shape index (κ1) is 12.4. The fraction of sp³-hybridized carbons (Fsp3) is 0.900. The quantitative estimate of drug-likeness (QED) is 0.681. The standard InChI is InChI=1S/C10H19NO4/c1-14-5-2-9(10(12)13)8-11-3-6-15-7-4-11/h9H,2-8H2,1H3,(H,12,13). The van der Waals surface area contributed by atoms with E-state index in [0.29, 0.717) is 32.8 Å². The van der Waals surface area contributed by atoms with Gasteiger partial charge in [-0.3, -0.25) is 9.69 Å². The smallest absolute Gasteiger partial charge is 0.307 e. The van der Waals surface area contributed by atoms with E-state index in [1.807, 2.05) is 0 Å². The van der Waals surface area contributed by atoms with Crippen LogP contribution in [0.2, 0.25) is 0 Å². The van der Waals surface area contributed by atoms with Crippen molar-refractivity contribution in [1.82, 2.24) is 4.90 Å². The summed E-state index contributed by atoms with van der Waals surface area (Å²) in [7, 11) is 1.59. The van der Waals surface area contributed by atoms with Crippen LogP contribution in [0.5, 0.6) is 0 Å². The Bertz CT molecular complexity index is 192. The van der Waals surface area contributed by atoms with E-state index in [4.69, 9.17) is 14.6 Å². The summed E-state index contributed by atoms with van der Waals surface area (Å²) in [6.45, 7) is 4.17. The van der Waals surface area contributed by atoms with Gasteiger partial charge in [-0.2, -0.15) is 0 Å². The fourth-order valence-electron chi connectivity index (χ4n) is 1.65. The van der Waals surface area contributed by atoms with Gasteiger partial charge in [0.2, 0.25) is 0 Å². The van der Waals surface area contributed by atoms with Gasteiger partial charge in [-0.1, -0.05) is 0 Å². The Balaban J connectivity index is 2.31. The molecule has 0 radical (unpaired) electrons. The Kier molecular flexibility index (Phi) is 5.60. The second-order valence-corrected chi connectivity index (χ2v) is 3.73. The van der Waals surface area contributed by atoms with E-state index >= 15 is 0 Å². The third kappa shape index (κ3) is 4.59. The topological polar surface area (TPSA) is 59.0 Å². The van der Waals surface area contributed by atoms with Crippen LogP contribution in [0.1, 0.15) is 6.42 Å². The van der Waals surface area contributed by atoms with Crippen molar-refractivity contribution in [2.75, 3.05) is 46.6 Å². The number of nitrogens with zero attached hydrogens (tertiary/aromatic N) is 1. The molecule has 5 nitrogen and oxygen atoms in total. The van der Waals surface area contributed by atoms with E-state index < -0.39 is 5.97 Å². The zero-order chi connectivity index (χ0) is 11.1. The van der Waals surface area contributed by atoms with Gasteiger partial charge in [0.15, 0.2) is 0 Å². The summed E-state index contributed by atoms with van der Waals surface area (Å²) in [5.41, 5.74) is 0. The molecule has 0 bridgehead atoms. The maximum Gasteiger partial charge on any atom is 0.307 e. The predicted octanol–water partition coefficient (Wildman–Crippen LogP) is 0.0559. The summed E-state index contributed by atoms with van der Waals surface area (Å²) in [5.74, 6) is -1.07. The minimum Gasteiger partial charge on any atom is -0.481 e. The molecule has 1 N–H and O–H groups in total. The lowest BCUT2D eigenvalue weighted by Crippen LogP contribution is -2.41. The first-order valence-corrected chi connectivity index (χ1v) is 5.26. The number of aliphatic carboxylic acids is 1. The van der Waals surface area contributed by atoms with E-state index in [-0.39, 0.29) is 5.92 Å². The second-order valence-electron chi connectivity index (χ2n) is 3.73. The van der Waals surface area contributed by atoms with Crippen LogP contribution in [0.15, 0.2) is 0 Å². The molecule has 0 saturated carbocycles. The van der Waals surface area contributed by atoms with Gasteiger partial charge in [-0.15, -0.1) is 0 Å². The number of hydrogen-bond acceptors (Lipinski definition) is 4. The summed E-state index contributed by atoms with van der Waals surface area (Å²) < 4.78 is 10.1. The molecule has 1 saturated heterocycles. The Morgan fingerprint density at radius 1 is 1.53 bits per heavy atom. The van der Waals surface area contributed by atoms with Gasteiger partial charge < -0.3 is 14.6 Å². The van der Waals surface area contributed by atoms with Crippen molar-refractivity contribution in [3.8, 4) is 0 Å². The zero-order valence-electron chi connectivity index (χ0n) is 9.15. The highest BCUT2D eigenvalue weighted by molar-refractivity contribution is 5.70. The molecule has 0 aromatic rings. The molecular formula is C10H19NO4. The van der Waals surface area contributed by atoms with Gasteiger partial charge >= 0.3 is 5.97 Å². The number of carbonyl (C=O) groups is 1. The highest BCUT2D eigenvalue weighted by Crippen LogP contribution is 2.08. The molecule has 1 fully saturated rings. The molecular weight excluding hydrogens is 198 g/mol.